The predicted octanol–water partition coefficient (Wildman–Crippen LogP) is 1.49. The van der Waals surface area contributed by atoms with E-state index in [1.165, 1.54) is 0 Å². The number of hydrogen-bond acceptors (Lipinski definition) is 4. The smallest absolute Gasteiger partial charge is 0.254 e. The van der Waals surface area contributed by atoms with E-state index >= 15 is 0 Å². The van der Waals surface area contributed by atoms with E-state index in [9.17, 15) is 4.79 Å². The molecular weight excluding hydrogens is 278 g/mol. The summed E-state index contributed by atoms with van der Waals surface area (Å²) in [6.45, 7) is 1.48. The summed E-state index contributed by atoms with van der Waals surface area (Å²) in [5, 5.41) is 8.86. The summed E-state index contributed by atoms with van der Waals surface area (Å²) in [6.07, 6.45) is 2.10. The zero-order valence-corrected chi connectivity index (χ0v) is 13.0. The fourth-order valence-electron chi connectivity index (χ4n) is 3.47. The number of hydrogen-bond donors (Lipinski definition) is 0. The molecule has 3 atom stereocenters. The Kier molecular flexibility index (Phi) is 4.14. The van der Waals surface area contributed by atoms with E-state index in [1.54, 1.807) is 24.3 Å². The standard InChI is InChI=1S/C17H21N3O2/c1-19(2)15-11-20(14-4-3-9-22-16(14)15)17(21)13-7-5-12(10-18)6-8-13/h5-8,14-16H,3-4,9,11H2,1-2H3/t14-,15-,16+/m1/s1. The second-order valence-corrected chi connectivity index (χ2v) is 6.22. The number of carbonyl (C=O) groups excluding carboxylic acids is 1. The van der Waals surface area contributed by atoms with Crippen molar-refractivity contribution in [1.29, 1.82) is 5.26 Å². The highest BCUT2D eigenvalue weighted by molar-refractivity contribution is 5.94. The number of fused-ring (bicyclic) bond motifs is 1. The van der Waals surface area contributed by atoms with E-state index in [2.05, 4.69) is 11.0 Å². The van der Waals surface area contributed by atoms with Gasteiger partial charge in [-0.3, -0.25) is 4.79 Å². The highest BCUT2D eigenvalue weighted by Gasteiger charge is 2.46. The van der Waals surface area contributed by atoms with Crippen molar-refractivity contribution in [2.45, 2.75) is 31.0 Å². The van der Waals surface area contributed by atoms with E-state index in [-0.39, 0.29) is 24.1 Å². The highest BCUT2D eigenvalue weighted by atomic mass is 16.5. The quantitative estimate of drug-likeness (QED) is 0.830. The molecule has 1 amide bonds. The van der Waals surface area contributed by atoms with Crippen molar-refractivity contribution in [2.75, 3.05) is 27.2 Å². The second kappa shape index (κ2) is 6.07. The van der Waals surface area contributed by atoms with Gasteiger partial charge in [-0.05, 0) is 51.2 Å². The third-order valence-corrected chi connectivity index (χ3v) is 4.68. The first-order chi connectivity index (χ1) is 10.6. The molecule has 2 fully saturated rings. The van der Waals surface area contributed by atoms with Crippen LogP contribution in [-0.2, 0) is 4.74 Å². The van der Waals surface area contributed by atoms with Crippen LogP contribution in [0.4, 0.5) is 0 Å². The minimum absolute atomic E-state index is 0.0364. The summed E-state index contributed by atoms with van der Waals surface area (Å²) in [6, 6.07) is 9.35. The number of nitrogens with zero attached hydrogens (tertiary/aromatic N) is 3. The van der Waals surface area contributed by atoms with Crippen molar-refractivity contribution in [1.82, 2.24) is 9.80 Å². The first-order valence-electron chi connectivity index (χ1n) is 7.71. The molecule has 2 saturated heterocycles. The van der Waals surface area contributed by atoms with Gasteiger partial charge in [0, 0.05) is 18.7 Å². The monoisotopic (exact) mass is 299 g/mol. The maximum atomic E-state index is 12.8. The first kappa shape index (κ1) is 15.0. The number of rotatable bonds is 2. The van der Waals surface area contributed by atoms with Crippen LogP contribution in [0, 0.1) is 11.3 Å². The Morgan fingerprint density at radius 1 is 1.36 bits per heavy atom. The largest absolute Gasteiger partial charge is 0.374 e. The van der Waals surface area contributed by atoms with Crippen LogP contribution in [0.15, 0.2) is 24.3 Å². The van der Waals surface area contributed by atoms with Crippen molar-refractivity contribution in [3.63, 3.8) is 0 Å². The molecule has 22 heavy (non-hydrogen) atoms. The molecule has 3 rings (SSSR count). The van der Waals surface area contributed by atoms with Gasteiger partial charge in [0.1, 0.15) is 0 Å². The van der Waals surface area contributed by atoms with Crippen LogP contribution < -0.4 is 0 Å². The molecule has 5 nitrogen and oxygen atoms in total. The number of carbonyl (C=O) groups is 1. The van der Waals surface area contributed by atoms with Gasteiger partial charge in [-0.2, -0.15) is 5.26 Å². The number of benzene rings is 1. The Morgan fingerprint density at radius 3 is 2.73 bits per heavy atom. The third kappa shape index (κ3) is 2.60. The topological polar surface area (TPSA) is 56.6 Å². The van der Waals surface area contributed by atoms with E-state index in [0.717, 1.165) is 19.4 Å². The van der Waals surface area contributed by atoms with Gasteiger partial charge < -0.3 is 14.5 Å². The Hall–Kier alpha value is -1.90. The van der Waals surface area contributed by atoms with Crippen molar-refractivity contribution in [3.05, 3.63) is 35.4 Å². The Bertz CT molecular complexity index is 591. The molecule has 0 saturated carbocycles. The summed E-state index contributed by atoms with van der Waals surface area (Å²) < 4.78 is 5.95. The summed E-state index contributed by atoms with van der Waals surface area (Å²) in [4.78, 5) is 16.9. The zero-order valence-electron chi connectivity index (χ0n) is 13.0. The van der Waals surface area contributed by atoms with Crippen LogP contribution in [0.5, 0.6) is 0 Å². The van der Waals surface area contributed by atoms with Crippen LogP contribution in [0.3, 0.4) is 0 Å². The lowest BCUT2D eigenvalue weighted by atomic mass is 10.00. The van der Waals surface area contributed by atoms with Crippen LogP contribution in [0.25, 0.3) is 0 Å². The zero-order chi connectivity index (χ0) is 15.7. The van der Waals surface area contributed by atoms with Gasteiger partial charge in [-0.1, -0.05) is 0 Å². The molecule has 2 aliphatic heterocycles. The van der Waals surface area contributed by atoms with Gasteiger partial charge in [0.2, 0.25) is 0 Å². The molecule has 0 aromatic heterocycles. The maximum absolute atomic E-state index is 12.8. The van der Waals surface area contributed by atoms with E-state index in [1.807, 2.05) is 19.0 Å². The maximum Gasteiger partial charge on any atom is 0.254 e. The first-order valence-corrected chi connectivity index (χ1v) is 7.71. The van der Waals surface area contributed by atoms with Gasteiger partial charge >= 0.3 is 0 Å². The third-order valence-electron chi connectivity index (χ3n) is 4.68. The molecule has 2 aliphatic rings. The minimum Gasteiger partial charge on any atom is -0.374 e. The summed E-state index contributed by atoms with van der Waals surface area (Å²) >= 11 is 0. The number of nitriles is 1. The lowest BCUT2D eigenvalue weighted by molar-refractivity contribution is -0.0312. The molecule has 0 aliphatic carbocycles. The second-order valence-electron chi connectivity index (χ2n) is 6.22. The molecule has 2 heterocycles. The molecule has 116 valence electrons. The molecule has 1 aromatic rings. The van der Waals surface area contributed by atoms with Gasteiger partial charge in [0.05, 0.1) is 29.8 Å². The molecule has 0 unspecified atom stereocenters. The Morgan fingerprint density at radius 2 is 2.09 bits per heavy atom. The molecule has 0 radical (unpaired) electrons. The summed E-state index contributed by atoms with van der Waals surface area (Å²) in [5.41, 5.74) is 1.21. The molecule has 5 heteroatoms. The number of amides is 1. The van der Waals surface area contributed by atoms with Crippen LogP contribution >= 0.6 is 0 Å². The van der Waals surface area contributed by atoms with E-state index < -0.39 is 0 Å². The SMILES string of the molecule is CN(C)[C@@H]1CN(C(=O)c2ccc(C#N)cc2)[C@@H]2CCCO[C@H]12. The van der Waals surface area contributed by atoms with Gasteiger partial charge in [-0.25, -0.2) is 0 Å². The minimum atomic E-state index is 0.0364. The predicted molar refractivity (Wildman–Crippen MR) is 82.4 cm³/mol. The number of likely N-dealkylation sites (tertiary alicyclic amines) is 1. The lowest BCUT2D eigenvalue weighted by Crippen LogP contribution is -2.45. The lowest BCUT2D eigenvalue weighted by Gasteiger charge is -2.33. The fourth-order valence-corrected chi connectivity index (χ4v) is 3.47. The molecule has 1 aromatic carbocycles. The van der Waals surface area contributed by atoms with Gasteiger partial charge in [-0.15, -0.1) is 0 Å². The van der Waals surface area contributed by atoms with Crippen molar-refractivity contribution in [3.8, 4) is 6.07 Å². The summed E-state index contributed by atoms with van der Waals surface area (Å²) in [5.74, 6) is 0.0364. The van der Waals surface area contributed by atoms with Crippen molar-refractivity contribution in [2.24, 2.45) is 0 Å². The highest BCUT2D eigenvalue weighted by Crippen LogP contribution is 2.32. The summed E-state index contributed by atoms with van der Waals surface area (Å²) in [7, 11) is 4.07. The normalized spacial score (nSPS) is 27.5. The van der Waals surface area contributed by atoms with Crippen LogP contribution in [0.1, 0.15) is 28.8 Å². The van der Waals surface area contributed by atoms with Crippen molar-refractivity contribution >= 4 is 5.91 Å². The Labute approximate surface area is 131 Å². The average molecular weight is 299 g/mol. The Balaban J connectivity index is 1.83. The van der Waals surface area contributed by atoms with E-state index in [0.29, 0.717) is 17.7 Å². The molecular formula is C17H21N3O2. The van der Waals surface area contributed by atoms with E-state index in [4.69, 9.17) is 10.00 Å². The average Bonchev–Trinajstić information content (AvgIpc) is 2.94. The molecule has 0 bridgehead atoms. The van der Waals surface area contributed by atoms with Gasteiger partial charge in [0.25, 0.3) is 5.91 Å². The molecule has 0 spiro atoms. The number of ether oxygens (including phenoxy) is 1. The van der Waals surface area contributed by atoms with Crippen LogP contribution in [0.2, 0.25) is 0 Å². The molecule has 0 N–H and O–H groups in total. The number of likely N-dealkylation sites (N-methyl/N-ethyl adjacent to an activating group) is 1. The van der Waals surface area contributed by atoms with Gasteiger partial charge in [0.15, 0.2) is 0 Å². The van der Waals surface area contributed by atoms with Crippen LogP contribution in [-0.4, -0.2) is 61.1 Å². The van der Waals surface area contributed by atoms with Crippen molar-refractivity contribution < 1.29 is 9.53 Å². The fraction of sp³-hybridized carbons (Fsp3) is 0.529.